The van der Waals surface area contributed by atoms with Gasteiger partial charge in [0.05, 0.1) is 37.8 Å². The average molecular weight is 303 g/mol. The number of ether oxygens (including phenoxy) is 1. The summed E-state index contributed by atoms with van der Waals surface area (Å²) < 4.78 is 7.14. The number of nitrogens with zero attached hydrogens (tertiary/aromatic N) is 3. The lowest BCUT2D eigenvalue weighted by Crippen LogP contribution is -2.50. The summed E-state index contributed by atoms with van der Waals surface area (Å²) in [6, 6.07) is 5.25. The van der Waals surface area contributed by atoms with Gasteiger partial charge in [-0.15, -0.1) is 0 Å². The highest BCUT2D eigenvalue weighted by Crippen LogP contribution is 2.14. The zero-order valence-corrected chi connectivity index (χ0v) is 12.0. The molecule has 0 aliphatic carbocycles. The van der Waals surface area contributed by atoms with Crippen molar-refractivity contribution >= 4 is 17.5 Å². The number of morpholine rings is 1. The van der Waals surface area contributed by atoms with Gasteiger partial charge in [-0.1, -0.05) is 6.07 Å². The Kier molecular flexibility index (Phi) is 4.06. The van der Waals surface area contributed by atoms with E-state index in [0.29, 0.717) is 18.8 Å². The summed E-state index contributed by atoms with van der Waals surface area (Å²) in [7, 11) is 0. The highest BCUT2D eigenvalue weighted by molar-refractivity contribution is 5.80. The van der Waals surface area contributed by atoms with E-state index in [1.165, 1.54) is 0 Å². The lowest BCUT2D eigenvalue weighted by Gasteiger charge is -2.34. The van der Waals surface area contributed by atoms with Crippen molar-refractivity contribution in [3.8, 4) is 0 Å². The molecule has 0 spiro atoms. The van der Waals surface area contributed by atoms with Crippen LogP contribution in [0.15, 0.2) is 30.6 Å². The second-order valence-corrected chi connectivity index (χ2v) is 5.29. The molecule has 1 amide bonds. The molecular formula is C15H17N3O4. The van der Waals surface area contributed by atoms with Gasteiger partial charge in [0.2, 0.25) is 5.91 Å². The number of carbonyl (C=O) groups excluding carboxylic acids is 1. The van der Waals surface area contributed by atoms with E-state index in [-0.39, 0.29) is 25.4 Å². The van der Waals surface area contributed by atoms with Crippen LogP contribution in [0.4, 0.5) is 0 Å². The molecule has 2 aromatic heterocycles. The van der Waals surface area contributed by atoms with E-state index < -0.39 is 12.0 Å². The van der Waals surface area contributed by atoms with E-state index in [2.05, 4.69) is 4.98 Å². The Bertz CT molecular complexity index is 664. The standard InChI is InChI=1S/C15H17N3O4/c19-14(18-5-6-22-10-12(18)8-15(20)21)7-11-9-17-4-2-1-3-13(17)16-11/h1-4,9,12H,5-8,10H2,(H,20,21). The van der Waals surface area contributed by atoms with Crippen molar-refractivity contribution in [1.29, 1.82) is 0 Å². The number of hydrogen-bond donors (Lipinski definition) is 1. The average Bonchev–Trinajstić information content (AvgIpc) is 2.89. The second-order valence-electron chi connectivity index (χ2n) is 5.29. The van der Waals surface area contributed by atoms with Crippen molar-refractivity contribution in [1.82, 2.24) is 14.3 Å². The quantitative estimate of drug-likeness (QED) is 0.893. The van der Waals surface area contributed by atoms with Gasteiger partial charge in [0, 0.05) is 18.9 Å². The third-order valence-corrected chi connectivity index (χ3v) is 3.70. The number of carboxylic acid groups (broad SMARTS) is 1. The Morgan fingerprint density at radius 3 is 3.05 bits per heavy atom. The van der Waals surface area contributed by atoms with Gasteiger partial charge in [0.25, 0.3) is 0 Å². The first-order valence-corrected chi connectivity index (χ1v) is 7.15. The number of carboxylic acids is 1. The number of aromatic nitrogens is 2. The minimum atomic E-state index is -0.930. The number of fused-ring (bicyclic) bond motifs is 1. The molecule has 3 rings (SSSR count). The van der Waals surface area contributed by atoms with Crippen LogP contribution in [0.2, 0.25) is 0 Å². The molecule has 0 radical (unpaired) electrons. The first-order valence-electron chi connectivity index (χ1n) is 7.15. The fourth-order valence-corrected chi connectivity index (χ4v) is 2.68. The van der Waals surface area contributed by atoms with Gasteiger partial charge in [-0.2, -0.15) is 0 Å². The molecule has 116 valence electrons. The number of aliphatic carboxylic acids is 1. The smallest absolute Gasteiger partial charge is 0.305 e. The highest BCUT2D eigenvalue weighted by atomic mass is 16.5. The van der Waals surface area contributed by atoms with Crippen LogP contribution >= 0.6 is 0 Å². The summed E-state index contributed by atoms with van der Waals surface area (Å²) in [5.74, 6) is -1.04. The van der Waals surface area contributed by atoms with Crippen molar-refractivity contribution in [2.75, 3.05) is 19.8 Å². The minimum absolute atomic E-state index is 0.100. The van der Waals surface area contributed by atoms with E-state index in [4.69, 9.17) is 9.84 Å². The Morgan fingerprint density at radius 1 is 1.41 bits per heavy atom. The maximum atomic E-state index is 12.5. The molecule has 1 N–H and O–H groups in total. The lowest BCUT2D eigenvalue weighted by molar-refractivity contribution is -0.145. The number of hydrogen-bond acceptors (Lipinski definition) is 4. The van der Waals surface area contributed by atoms with Crippen LogP contribution in [0.25, 0.3) is 5.65 Å². The van der Waals surface area contributed by atoms with Crippen molar-refractivity contribution in [3.63, 3.8) is 0 Å². The van der Waals surface area contributed by atoms with Crippen LogP contribution in [0, 0.1) is 0 Å². The van der Waals surface area contributed by atoms with Gasteiger partial charge in [-0.05, 0) is 12.1 Å². The summed E-state index contributed by atoms with van der Waals surface area (Å²) in [6.45, 7) is 1.13. The predicted molar refractivity (Wildman–Crippen MR) is 77.5 cm³/mol. The maximum absolute atomic E-state index is 12.5. The zero-order chi connectivity index (χ0) is 15.5. The lowest BCUT2D eigenvalue weighted by atomic mass is 10.1. The fourth-order valence-electron chi connectivity index (χ4n) is 2.68. The second kappa shape index (κ2) is 6.15. The fraction of sp³-hybridized carbons (Fsp3) is 0.400. The molecule has 22 heavy (non-hydrogen) atoms. The number of carbonyl (C=O) groups is 2. The zero-order valence-electron chi connectivity index (χ0n) is 12.0. The molecule has 1 unspecified atom stereocenters. The molecule has 0 aromatic carbocycles. The van der Waals surface area contributed by atoms with Gasteiger partial charge in [-0.3, -0.25) is 9.59 Å². The Hall–Kier alpha value is -2.41. The molecule has 2 aromatic rings. The number of rotatable bonds is 4. The Morgan fingerprint density at radius 2 is 2.27 bits per heavy atom. The van der Waals surface area contributed by atoms with E-state index in [0.717, 1.165) is 5.65 Å². The first kappa shape index (κ1) is 14.5. The maximum Gasteiger partial charge on any atom is 0.305 e. The monoisotopic (exact) mass is 303 g/mol. The molecule has 7 heteroatoms. The van der Waals surface area contributed by atoms with Crippen LogP contribution in [0.1, 0.15) is 12.1 Å². The topological polar surface area (TPSA) is 84.1 Å². The van der Waals surface area contributed by atoms with E-state index in [9.17, 15) is 9.59 Å². The van der Waals surface area contributed by atoms with Crippen LogP contribution in [0.5, 0.6) is 0 Å². The molecule has 0 bridgehead atoms. The molecule has 3 heterocycles. The van der Waals surface area contributed by atoms with Crippen molar-refractivity contribution in [2.24, 2.45) is 0 Å². The predicted octanol–water partition coefficient (Wildman–Crippen LogP) is 0.579. The van der Waals surface area contributed by atoms with Crippen molar-refractivity contribution in [2.45, 2.75) is 18.9 Å². The number of amides is 1. The largest absolute Gasteiger partial charge is 0.481 e. The van der Waals surface area contributed by atoms with Crippen molar-refractivity contribution in [3.05, 3.63) is 36.3 Å². The molecule has 1 aliphatic rings. The normalized spacial score (nSPS) is 18.5. The highest BCUT2D eigenvalue weighted by Gasteiger charge is 2.29. The van der Waals surface area contributed by atoms with Gasteiger partial charge in [0.15, 0.2) is 0 Å². The third-order valence-electron chi connectivity index (χ3n) is 3.70. The van der Waals surface area contributed by atoms with E-state index in [1.54, 1.807) is 4.90 Å². The summed E-state index contributed by atoms with van der Waals surface area (Å²) in [4.78, 5) is 29.4. The minimum Gasteiger partial charge on any atom is -0.481 e. The van der Waals surface area contributed by atoms with Gasteiger partial charge in [-0.25, -0.2) is 4.98 Å². The van der Waals surface area contributed by atoms with Crippen LogP contribution in [-0.2, 0) is 20.7 Å². The molecular weight excluding hydrogens is 286 g/mol. The van der Waals surface area contributed by atoms with Crippen LogP contribution < -0.4 is 0 Å². The molecule has 7 nitrogen and oxygen atoms in total. The number of pyridine rings is 1. The van der Waals surface area contributed by atoms with Gasteiger partial charge >= 0.3 is 5.97 Å². The SMILES string of the molecule is O=C(O)CC1COCCN1C(=O)Cc1cn2ccccc2n1. The van der Waals surface area contributed by atoms with E-state index in [1.807, 2.05) is 35.0 Å². The molecule has 1 aliphatic heterocycles. The Balaban J connectivity index is 1.72. The molecule has 1 saturated heterocycles. The Labute approximate surface area is 127 Å². The summed E-state index contributed by atoms with van der Waals surface area (Å²) in [5, 5.41) is 8.94. The van der Waals surface area contributed by atoms with Gasteiger partial charge in [0.1, 0.15) is 5.65 Å². The van der Waals surface area contributed by atoms with Gasteiger partial charge < -0.3 is 19.1 Å². The summed E-state index contributed by atoms with van der Waals surface area (Å²) in [6.07, 6.45) is 3.76. The summed E-state index contributed by atoms with van der Waals surface area (Å²) >= 11 is 0. The number of imidazole rings is 1. The first-order chi connectivity index (χ1) is 10.6. The van der Waals surface area contributed by atoms with Crippen LogP contribution in [-0.4, -0.2) is 57.1 Å². The van der Waals surface area contributed by atoms with Crippen LogP contribution in [0.3, 0.4) is 0 Å². The summed E-state index contributed by atoms with van der Waals surface area (Å²) in [5.41, 5.74) is 1.46. The molecule has 1 atom stereocenters. The molecule has 0 saturated carbocycles. The third kappa shape index (κ3) is 3.09. The van der Waals surface area contributed by atoms with E-state index >= 15 is 0 Å². The molecule has 1 fully saturated rings. The van der Waals surface area contributed by atoms with Crippen molar-refractivity contribution < 1.29 is 19.4 Å².